The Morgan fingerprint density at radius 2 is 2.05 bits per heavy atom. The molecule has 1 amide bonds. The van der Waals surface area contributed by atoms with E-state index in [1.54, 1.807) is 23.1 Å². The van der Waals surface area contributed by atoms with Gasteiger partial charge in [-0.3, -0.25) is 14.5 Å². The molecule has 0 radical (unpaired) electrons. The third-order valence-corrected chi connectivity index (χ3v) is 4.01. The van der Waals surface area contributed by atoms with Crippen LogP contribution in [0.5, 0.6) is 0 Å². The summed E-state index contributed by atoms with van der Waals surface area (Å²) >= 11 is 11.8. The van der Waals surface area contributed by atoms with Crippen molar-refractivity contribution in [2.45, 2.75) is 25.3 Å². The lowest BCUT2D eigenvalue weighted by atomic mass is 10.0. The number of hydrogen-bond acceptors (Lipinski definition) is 3. The van der Waals surface area contributed by atoms with E-state index < -0.39 is 12.0 Å². The van der Waals surface area contributed by atoms with Crippen LogP contribution in [-0.4, -0.2) is 41.0 Å². The minimum atomic E-state index is -0.886. The van der Waals surface area contributed by atoms with Gasteiger partial charge in [0.05, 0.1) is 17.3 Å². The molecular formula is C14H17Cl3N2O3. The Labute approximate surface area is 145 Å². The first-order valence-corrected chi connectivity index (χ1v) is 7.44. The molecule has 8 heteroatoms. The summed E-state index contributed by atoms with van der Waals surface area (Å²) in [5, 5.41) is 12.7. The molecule has 0 bridgehead atoms. The average molecular weight is 368 g/mol. The monoisotopic (exact) mass is 366 g/mol. The van der Waals surface area contributed by atoms with E-state index in [1.165, 1.54) is 0 Å². The van der Waals surface area contributed by atoms with Gasteiger partial charge in [-0.1, -0.05) is 29.6 Å². The number of nitrogens with zero attached hydrogens (tertiary/aromatic N) is 1. The Bertz CT molecular complexity index is 554. The van der Waals surface area contributed by atoms with E-state index in [2.05, 4.69) is 5.32 Å². The van der Waals surface area contributed by atoms with Crippen molar-refractivity contribution in [3.63, 3.8) is 0 Å². The van der Waals surface area contributed by atoms with Crippen molar-refractivity contribution in [1.29, 1.82) is 0 Å². The number of likely N-dealkylation sites (tertiary alicyclic amines) is 1. The highest BCUT2D eigenvalue weighted by molar-refractivity contribution is 6.35. The molecule has 1 heterocycles. The van der Waals surface area contributed by atoms with Crippen molar-refractivity contribution in [1.82, 2.24) is 4.90 Å². The highest BCUT2D eigenvalue weighted by Gasteiger charge is 2.29. The van der Waals surface area contributed by atoms with Crippen LogP contribution in [-0.2, 0) is 9.59 Å². The second-order valence-corrected chi connectivity index (χ2v) is 5.84. The van der Waals surface area contributed by atoms with Gasteiger partial charge in [0.15, 0.2) is 0 Å². The molecule has 0 saturated carbocycles. The molecule has 5 nitrogen and oxygen atoms in total. The lowest BCUT2D eigenvalue weighted by molar-refractivity contribution is -0.145. The number of carboxylic acids is 1. The maximum atomic E-state index is 12.1. The van der Waals surface area contributed by atoms with E-state index in [1.807, 2.05) is 0 Å². The van der Waals surface area contributed by atoms with Gasteiger partial charge < -0.3 is 10.4 Å². The van der Waals surface area contributed by atoms with Crippen molar-refractivity contribution in [3.05, 3.63) is 28.2 Å². The largest absolute Gasteiger partial charge is 0.480 e. The number of amides is 1. The number of hydrogen-bond donors (Lipinski definition) is 2. The number of piperidine rings is 1. The van der Waals surface area contributed by atoms with Crippen molar-refractivity contribution < 1.29 is 14.7 Å². The van der Waals surface area contributed by atoms with Crippen molar-refractivity contribution in [2.75, 3.05) is 18.4 Å². The second kappa shape index (κ2) is 8.58. The van der Waals surface area contributed by atoms with Gasteiger partial charge in [-0.15, -0.1) is 12.4 Å². The zero-order valence-corrected chi connectivity index (χ0v) is 14.0. The Hall–Kier alpha value is -1.01. The van der Waals surface area contributed by atoms with Crippen LogP contribution in [0.15, 0.2) is 18.2 Å². The highest BCUT2D eigenvalue weighted by Crippen LogP contribution is 2.25. The van der Waals surface area contributed by atoms with Crippen molar-refractivity contribution in [3.8, 4) is 0 Å². The van der Waals surface area contributed by atoms with E-state index in [0.717, 1.165) is 12.8 Å². The van der Waals surface area contributed by atoms with Crippen LogP contribution in [0.25, 0.3) is 0 Å². The van der Waals surface area contributed by atoms with Crippen LogP contribution in [0.1, 0.15) is 19.3 Å². The number of rotatable bonds is 4. The van der Waals surface area contributed by atoms with E-state index in [4.69, 9.17) is 23.2 Å². The van der Waals surface area contributed by atoms with Gasteiger partial charge in [-0.2, -0.15) is 0 Å². The zero-order chi connectivity index (χ0) is 15.4. The number of halogens is 3. The molecule has 1 aliphatic heterocycles. The van der Waals surface area contributed by atoms with Crippen LogP contribution >= 0.6 is 35.6 Å². The molecule has 1 aromatic carbocycles. The zero-order valence-electron chi connectivity index (χ0n) is 11.7. The second-order valence-electron chi connectivity index (χ2n) is 4.99. The Morgan fingerprint density at radius 3 is 2.73 bits per heavy atom. The SMILES string of the molecule is Cl.O=C(CN1CCCCC1C(=O)O)Nc1cc(Cl)ccc1Cl. The number of nitrogens with one attached hydrogen (secondary N) is 1. The van der Waals surface area contributed by atoms with E-state index >= 15 is 0 Å². The number of carbonyl (C=O) groups excluding carboxylic acids is 1. The number of benzene rings is 1. The molecule has 1 aliphatic rings. The molecule has 1 aromatic rings. The van der Waals surface area contributed by atoms with Gasteiger partial charge in [0.25, 0.3) is 0 Å². The third-order valence-electron chi connectivity index (χ3n) is 3.45. The van der Waals surface area contributed by atoms with Gasteiger partial charge in [-0.25, -0.2) is 0 Å². The molecule has 0 aliphatic carbocycles. The molecule has 2 rings (SSSR count). The fourth-order valence-electron chi connectivity index (χ4n) is 2.43. The molecule has 122 valence electrons. The molecular weight excluding hydrogens is 351 g/mol. The molecule has 22 heavy (non-hydrogen) atoms. The van der Waals surface area contributed by atoms with E-state index in [0.29, 0.717) is 28.7 Å². The van der Waals surface area contributed by atoms with Gasteiger partial charge >= 0.3 is 5.97 Å². The molecule has 1 saturated heterocycles. The molecule has 0 spiro atoms. The maximum absolute atomic E-state index is 12.1. The first-order chi connectivity index (χ1) is 9.97. The van der Waals surface area contributed by atoms with Crippen molar-refractivity contribution >= 4 is 53.2 Å². The number of aliphatic carboxylic acids is 1. The summed E-state index contributed by atoms with van der Waals surface area (Å²) in [4.78, 5) is 24.9. The van der Waals surface area contributed by atoms with E-state index in [9.17, 15) is 14.7 Å². The lowest BCUT2D eigenvalue weighted by Crippen LogP contribution is -2.47. The maximum Gasteiger partial charge on any atom is 0.320 e. The molecule has 1 atom stereocenters. The molecule has 1 unspecified atom stereocenters. The first kappa shape index (κ1) is 19.0. The van der Waals surface area contributed by atoms with Crippen molar-refractivity contribution in [2.24, 2.45) is 0 Å². The highest BCUT2D eigenvalue weighted by atomic mass is 35.5. The van der Waals surface area contributed by atoms with Gasteiger partial charge in [-0.05, 0) is 37.6 Å². The summed E-state index contributed by atoms with van der Waals surface area (Å²) in [6.45, 7) is 0.632. The molecule has 2 N–H and O–H groups in total. The summed E-state index contributed by atoms with van der Waals surface area (Å²) in [6, 6.07) is 4.19. The topological polar surface area (TPSA) is 69.6 Å². The quantitative estimate of drug-likeness (QED) is 0.857. The third kappa shape index (κ3) is 5.02. The van der Waals surface area contributed by atoms with Crippen LogP contribution in [0.2, 0.25) is 10.0 Å². The Morgan fingerprint density at radius 1 is 1.32 bits per heavy atom. The van der Waals surface area contributed by atoms with Crippen LogP contribution in [0.3, 0.4) is 0 Å². The fourth-order valence-corrected chi connectivity index (χ4v) is 2.76. The minimum Gasteiger partial charge on any atom is -0.480 e. The summed E-state index contributed by atoms with van der Waals surface area (Å²) in [6.07, 6.45) is 2.34. The summed E-state index contributed by atoms with van der Waals surface area (Å²) in [7, 11) is 0. The average Bonchev–Trinajstić information content (AvgIpc) is 2.43. The number of carbonyl (C=O) groups is 2. The summed E-state index contributed by atoms with van der Waals surface area (Å²) < 4.78 is 0. The predicted molar refractivity (Wildman–Crippen MR) is 89.2 cm³/mol. The summed E-state index contributed by atoms with van der Waals surface area (Å²) in [5.74, 6) is -1.18. The van der Waals surface area contributed by atoms with Crippen LogP contribution in [0, 0.1) is 0 Å². The predicted octanol–water partition coefficient (Wildman–Crippen LogP) is 3.29. The number of carboxylic acid groups (broad SMARTS) is 1. The van der Waals surface area contributed by atoms with E-state index in [-0.39, 0.29) is 24.9 Å². The lowest BCUT2D eigenvalue weighted by Gasteiger charge is -2.32. The Balaban J connectivity index is 0.00000242. The molecule has 1 fully saturated rings. The standard InChI is InChI=1S/C14H16Cl2N2O3.ClH/c15-9-4-5-10(16)11(7-9)17-13(19)8-18-6-2-1-3-12(18)14(20)21;/h4-5,7,12H,1-3,6,8H2,(H,17,19)(H,20,21);1H. The number of anilines is 1. The van der Waals surface area contributed by atoms with Crippen LogP contribution in [0.4, 0.5) is 5.69 Å². The fraction of sp³-hybridized carbons (Fsp3) is 0.429. The van der Waals surface area contributed by atoms with Gasteiger partial charge in [0.1, 0.15) is 6.04 Å². The van der Waals surface area contributed by atoms with Gasteiger partial charge in [0, 0.05) is 5.02 Å². The first-order valence-electron chi connectivity index (χ1n) is 6.69. The Kier molecular flexibility index (Phi) is 7.42. The smallest absolute Gasteiger partial charge is 0.320 e. The normalized spacial score (nSPS) is 18.4. The van der Waals surface area contributed by atoms with Gasteiger partial charge in [0.2, 0.25) is 5.91 Å². The molecule has 0 aromatic heterocycles. The van der Waals surface area contributed by atoms with Crippen LogP contribution < -0.4 is 5.32 Å². The summed E-state index contributed by atoms with van der Waals surface area (Å²) in [5.41, 5.74) is 0.429. The minimum absolute atomic E-state index is 0.